The van der Waals surface area contributed by atoms with Crippen LogP contribution in [-0.4, -0.2) is 52.2 Å². The van der Waals surface area contributed by atoms with Crippen molar-refractivity contribution in [1.82, 2.24) is 24.8 Å². The van der Waals surface area contributed by atoms with E-state index in [-0.39, 0.29) is 5.56 Å². The van der Waals surface area contributed by atoms with Crippen molar-refractivity contribution in [1.29, 1.82) is 0 Å². The molecule has 2 aromatic heterocycles. The number of pyridine rings is 1. The molecule has 158 valence electrons. The summed E-state index contributed by atoms with van der Waals surface area (Å²) in [6, 6.07) is 10.4. The van der Waals surface area contributed by atoms with Crippen LogP contribution >= 0.6 is 0 Å². The van der Waals surface area contributed by atoms with Crippen molar-refractivity contribution in [2.24, 2.45) is 0 Å². The zero-order chi connectivity index (χ0) is 20.9. The summed E-state index contributed by atoms with van der Waals surface area (Å²) in [5.41, 5.74) is 3.84. The molecule has 7 nitrogen and oxygen atoms in total. The van der Waals surface area contributed by atoms with Crippen LogP contribution in [0.3, 0.4) is 0 Å². The van der Waals surface area contributed by atoms with E-state index >= 15 is 0 Å². The molecule has 7 heteroatoms. The normalized spacial score (nSPS) is 15.5. The van der Waals surface area contributed by atoms with E-state index in [2.05, 4.69) is 32.3 Å². The van der Waals surface area contributed by atoms with E-state index < -0.39 is 0 Å². The summed E-state index contributed by atoms with van der Waals surface area (Å²) in [6.45, 7) is 6.43. The van der Waals surface area contributed by atoms with Gasteiger partial charge in [-0.1, -0.05) is 6.07 Å². The van der Waals surface area contributed by atoms with Gasteiger partial charge in [-0.2, -0.15) is 0 Å². The van der Waals surface area contributed by atoms with Crippen molar-refractivity contribution in [2.75, 3.05) is 26.7 Å². The molecule has 1 saturated heterocycles. The number of nitrogens with one attached hydrogen (secondary N) is 1. The first-order valence-corrected chi connectivity index (χ1v) is 10.5. The minimum Gasteiger partial charge on any atom is -0.497 e. The summed E-state index contributed by atoms with van der Waals surface area (Å²) < 4.78 is 7.12. The van der Waals surface area contributed by atoms with Crippen LogP contribution in [0.15, 0.2) is 47.5 Å². The molecule has 1 fully saturated rings. The Morgan fingerprint density at radius 2 is 1.93 bits per heavy atom. The van der Waals surface area contributed by atoms with Gasteiger partial charge in [0.2, 0.25) is 0 Å². The highest BCUT2D eigenvalue weighted by molar-refractivity contribution is 5.76. The highest BCUT2D eigenvalue weighted by Crippen LogP contribution is 2.18. The molecule has 0 unspecified atom stereocenters. The smallest absolute Gasteiger partial charge is 0.269 e. The first-order valence-electron chi connectivity index (χ1n) is 10.5. The Balaban J connectivity index is 1.31. The van der Waals surface area contributed by atoms with Gasteiger partial charge < -0.3 is 19.5 Å². The molecule has 30 heavy (non-hydrogen) atoms. The molecule has 1 aliphatic rings. The molecule has 0 radical (unpaired) electrons. The summed E-state index contributed by atoms with van der Waals surface area (Å²) in [5.74, 6) is 0.735. The summed E-state index contributed by atoms with van der Waals surface area (Å²) in [7, 11) is 1.63. The summed E-state index contributed by atoms with van der Waals surface area (Å²) >= 11 is 0. The molecule has 0 amide bonds. The van der Waals surface area contributed by atoms with E-state index in [1.165, 1.54) is 11.8 Å². The molecule has 3 aromatic rings. The molecular formula is C23H29N5O2. The average molecular weight is 408 g/mol. The molecule has 4 rings (SSSR count). The molecule has 1 aliphatic heterocycles. The number of aryl methyl sites for hydroxylation is 1. The third-order valence-corrected chi connectivity index (χ3v) is 5.85. The molecule has 0 aliphatic carbocycles. The van der Waals surface area contributed by atoms with E-state index in [1.807, 2.05) is 31.3 Å². The maximum Gasteiger partial charge on any atom is 0.269 e. The number of ether oxygens (including phenoxy) is 1. The van der Waals surface area contributed by atoms with Gasteiger partial charge in [-0.15, -0.1) is 0 Å². The first kappa shape index (κ1) is 20.5. The number of hydrogen-bond donors (Lipinski definition) is 1. The van der Waals surface area contributed by atoms with Crippen molar-refractivity contribution < 1.29 is 4.74 Å². The van der Waals surface area contributed by atoms with Gasteiger partial charge in [0.1, 0.15) is 5.75 Å². The number of nitrogens with zero attached hydrogens (tertiary/aromatic N) is 4. The maximum atomic E-state index is 12.4. The Labute approximate surface area is 176 Å². The molecule has 1 aromatic carbocycles. The zero-order valence-electron chi connectivity index (χ0n) is 17.7. The van der Waals surface area contributed by atoms with Gasteiger partial charge in [-0.25, -0.2) is 4.98 Å². The number of fused-ring (bicyclic) bond motifs is 1. The fraction of sp³-hybridized carbons (Fsp3) is 0.435. The Morgan fingerprint density at radius 3 is 2.67 bits per heavy atom. The largest absolute Gasteiger partial charge is 0.497 e. The lowest BCUT2D eigenvalue weighted by atomic mass is 10.0. The third kappa shape index (κ3) is 4.86. The van der Waals surface area contributed by atoms with Gasteiger partial charge in [0.05, 0.1) is 24.3 Å². The lowest BCUT2D eigenvalue weighted by Crippen LogP contribution is -2.43. The van der Waals surface area contributed by atoms with E-state index in [9.17, 15) is 4.79 Å². The van der Waals surface area contributed by atoms with Gasteiger partial charge in [0, 0.05) is 43.6 Å². The maximum absolute atomic E-state index is 12.4. The Bertz CT molecular complexity index is 1040. The number of methoxy groups -OCH3 is 1. The fourth-order valence-corrected chi connectivity index (χ4v) is 3.97. The second-order valence-electron chi connectivity index (χ2n) is 7.91. The van der Waals surface area contributed by atoms with Crippen LogP contribution in [0.5, 0.6) is 5.75 Å². The lowest BCUT2D eigenvalue weighted by molar-refractivity contribution is 0.191. The SMILES string of the molecule is COc1ccc2ncc(=O)n(CCN3CCC(NCc4ccc(C)nc4)CC3)c2c1. The quantitative estimate of drug-likeness (QED) is 0.648. The minimum absolute atomic E-state index is 0.0704. The predicted molar refractivity (Wildman–Crippen MR) is 118 cm³/mol. The fourth-order valence-electron chi connectivity index (χ4n) is 3.97. The average Bonchev–Trinajstić information content (AvgIpc) is 2.78. The summed E-state index contributed by atoms with van der Waals surface area (Å²) in [4.78, 5) is 23.5. The number of benzene rings is 1. The van der Waals surface area contributed by atoms with Crippen molar-refractivity contribution in [3.63, 3.8) is 0 Å². The second-order valence-corrected chi connectivity index (χ2v) is 7.91. The Kier molecular flexibility index (Phi) is 6.40. The predicted octanol–water partition coefficient (Wildman–Crippen LogP) is 2.36. The highest BCUT2D eigenvalue weighted by Gasteiger charge is 2.19. The molecule has 0 spiro atoms. The van der Waals surface area contributed by atoms with Gasteiger partial charge in [-0.05, 0) is 56.6 Å². The number of likely N-dealkylation sites (tertiary alicyclic amines) is 1. The number of hydrogen-bond acceptors (Lipinski definition) is 6. The standard InChI is InChI=1S/C23H29N5O2/c1-17-3-4-18(14-24-17)15-25-19-7-9-27(10-8-19)11-12-28-22-13-20(30-2)5-6-21(22)26-16-23(28)29/h3-6,13-14,16,19,25H,7-12,15H2,1-2H3. The third-order valence-electron chi connectivity index (χ3n) is 5.85. The van der Waals surface area contributed by atoms with Gasteiger partial charge >= 0.3 is 0 Å². The monoisotopic (exact) mass is 407 g/mol. The van der Waals surface area contributed by atoms with Crippen molar-refractivity contribution >= 4 is 11.0 Å². The first-order chi connectivity index (χ1) is 14.6. The van der Waals surface area contributed by atoms with Crippen LogP contribution in [0.25, 0.3) is 11.0 Å². The van der Waals surface area contributed by atoms with Crippen molar-refractivity contribution in [3.8, 4) is 5.75 Å². The molecule has 3 heterocycles. The van der Waals surface area contributed by atoms with E-state index in [0.29, 0.717) is 12.6 Å². The molecule has 0 saturated carbocycles. The van der Waals surface area contributed by atoms with Crippen LogP contribution in [0.1, 0.15) is 24.1 Å². The molecule has 0 bridgehead atoms. The van der Waals surface area contributed by atoms with Crippen LogP contribution in [0.2, 0.25) is 0 Å². The second kappa shape index (κ2) is 9.36. The number of piperidine rings is 1. The van der Waals surface area contributed by atoms with E-state index in [1.54, 1.807) is 11.7 Å². The lowest BCUT2D eigenvalue weighted by Gasteiger charge is -2.32. The number of aromatic nitrogens is 3. The van der Waals surface area contributed by atoms with Gasteiger partial charge in [-0.3, -0.25) is 9.78 Å². The zero-order valence-corrected chi connectivity index (χ0v) is 17.7. The van der Waals surface area contributed by atoms with E-state index in [0.717, 1.165) is 61.5 Å². The Hall–Kier alpha value is -2.77. The van der Waals surface area contributed by atoms with Crippen LogP contribution < -0.4 is 15.6 Å². The summed E-state index contributed by atoms with van der Waals surface area (Å²) in [5, 5.41) is 3.65. The van der Waals surface area contributed by atoms with E-state index in [4.69, 9.17) is 4.74 Å². The minimum atomic E-state index is -0.0704. The highest BCUT2D eigenvalue weighted by atomic mass is 16.5. The van der Waals surface area contributed by atoms with Crippen LogP contribution in [-0.2, 0) is 13.1 Å². The summed E-state index contributed by atoms with van der Waals surface area (Å²) in [6.07, 6.45) is 5.58. The van der Waals surface area contributed by atoms with Crippen LogP contribution in [0.4, 0.5) is 0 Å². The molecule has 0 atom stereocenters. The molecule has 1 N–H and O–H groups in total. The van der Waals surface area contributed by atoms with Crippen LogP contribution in [0, 0.1) is 6.92 Å². The molecular weight excluding hydrogens is 378 g/mol. The van der Waals surface area contributed by atoms with Gasteiger partial charge in [0.25, 0.3) is 5.56 Å². The van der Waals surface area contributed by atoms with Gasteiger partial charge in [0.15, 0.2) is 0 Å². The van der Waals surface area contributed by atoms with Crippen molar-refractivity contribution in [2.45, 2.75) is 38.9 Å². The topological polar surface area (TPSA) is 72.3 Å². The Morgan fingerprint density at radius 1 is 1.10 bits per heavy atom. The van der Waals surface area contributed by atoms with Crippen molar-refractivity contribution in [3.05, 3.63) is 64.3 Å². The number of rotatable bonds is 7.